The van der Waals surface area contributed by atoms with Crippen LogP contribution in [-0.4, -0.2) is 43.5 Å². The van der Waals surface area contributed by atoms with Crippen LogP contribution in [0.3, 0.4) is 0 Å². The monoisotopic (exact) mass is 339 g/mol. The lowest BCUT2D eigenvalue weighted by atomic mass is 9.91. The number of likely N-dealkylation sites (tertiary alicyclic amines) is 1. The van der Waals surface area contributed by atoms with E-state index in [-0.39, 0.29) is 23.5 Å². The average Bonchev–Trinajstić information content (AvgIpc) is 3.46. The van der Waals surface area contributed by atoms with Gasteiger partial charge in [-0.05, 0) is 31.2 Å². The molecule has 3 rings (SSSR count). The molecule has 25 heavy (non-hydrogen) atoms. The van der Waals surface area contributed by atoms with Gasteiger partial charge in [0, 0.05) is 24.6 Å². The van der Waals surface area contributed by atoms with Gasteiger partial charge in [-0.15, -0.1) is 0 Å². The van der Waals surface area contributed by atoms with Gasteiger partial charge in [0.05, 0.1) is 0 Å². The fourth-order valence-electron chi connectivity index (χ4n) is 3.07. The van der Waals surface area contributed by atoms with Gasteiger partial charge >= 0.3 is 0 Å². The van der Waals surface area contributed by atoms with Crippen LogP contribution in [0, 0.1) is 5.92 Å². The van der Waals surface area contributed by atoms with Crippen LogP contribution in [0.5, 0.6) is 0 Å². The number of hydrogen-bond donors (Lipinski definition) is 2. The van der Waals surface area contributed by atoms with Gasteiger partial charge in [0.1, 0.15) is 0 Å². The van der Waals surface area contributed by atoms with Crippen molar-refractivity contribution in [1.82, 2.24) is 15.8 Å². The summed E-state index contributed by atoms with van der Waals surface area (Å²) >= 11 is 0. The molecule has 1 saturated heterocycles. The molecule has 6 nitrogen and oxygen atoms in total. The molecule has 7 heteroatoms. The average molecular weight is 339 g/mol. The molecule has 1 aromatic rings. The molecule has 1 aromatic carbocycles. The van der Waals surface area contributed by atoms with E-state index in [2.05, 4.69) is 10.9 Å². The topological polar surface area (TPSA) is 78.5 Å². The minimum atomic E-state index is -0.300. The van der Waals surface area contributed by atoms with E-state index in [0.717, 1.165) is 24.0 Å². The van der Waals surface area contributed by atoms with Gasteiger partial charge < -0.3 is 4.90 Å². The standard InChI is InChI=1S/C18H22BN3O3/c19-18(25)22-10-8-13(9-11-22)15(12-4-2-1-3-5-12)17(24)21-20-16(23)14-6-7-14/h1-5,14H,6-11,19H2,(H,20,23)(H,21,24). The van der Waals surface area contributed by atoms with Gasteiger partial charge in [-0.2, -0.15) is 0 Å². The maximum Gasteiger partial charge on any atom is 0.270 e. The van der Waals surface area contributed by atoms with E-state index in [0.29, 0.717) is 31.5 Å². The van der Waals surface area contributed by atoms with Gasteiger partial charge in [0.2, 0.25) is 13.8 Å². The van der Waals surface area contributed by atoms with Crippen LogP contribution in [0.25, 0.3) is 5.57 Å². The van der Waals surface area contributed by atoms with Crippen molar-refractivity contribution in [3.63, 3.8) is 0 Å². The molecule has 1 heterocycles. The lowest BCUT2D eigenvalue weighted by Gasteiger charge is -2.29. The molecule has 0 radical (unpaired) electrons. The highest BCUT2D eigenvalue weighted by Crippen LogP contribution is 2.29. The predicted molar refractivity (Wildman–Crippen MR) is 97.1 cm³/mol. The fourth-order valence-corrected chi connectivity index (χ4v) is 3.07. The molecule has 130 valence electrons. The predicted octanol–water partition coefficient (Wildman–Crippen LogP) is 0.846. The van der Waals surface area contributed by atoms with Gasteiger partial charge in [-0.3, -0.25) is 25.2 Å². The summed E-state index contributed by atoms with van der Waals surface area (Å²) in [4.78, 5) is 37.8. The molecular weight excluding hydrogens is 317 g/mol. The second-order valence-electron chi connectivity index (χ2n) is 6.57. The van der Waals surface area contributed by atoms with Gasteiger partial charge in [-0.25, -0.2) is 0 Å². The molecule has 0 unspecified atom stereocenters. The van der Waals surface area contributed by atoms with E-state index in [4.69, 9.17) is 0 Å². The van der Waals surface area contributed by atoms with Crippen molar-refractivity contribution in [2.24, 2.45) is 5.92 Å². The van der Waals surface area contributed by atoms with Gasteiger partial charge in [0.15, 0.2) is 5.81 Å². The van der Waals surface area contributed by atoms with Crippen LogP contribution in [0.4, 0.5) is 4.79 Å². The second-order valence-corrected chi connectivity index (χ2v) is 6.57. The van der Waals surface area contributed by atoms with Gasteiger partial charge in [-0.1, -0.05) is 35.9 Å². The number of hydrazine groups is 1. The van der Waals surface area contributed by atoms with E-state index in [9.17, 15) is 14.4 Å². The number of piperidine rings is 1. The normalized spacial score (nSPS) is 17.0. The minimum absolute atomic E-state index is 0.0342. The van der Waals surface area contributed by atoms with Crippen molar-refractivity contribution >= 4 is 31.0 Å². The maximum atomic E-state index is 12.7. The van der Waals surface area contributed by atoms with Crippen LogP contribution in [0.2, 0.25) is 0 Å². The number of carbonyl (C=O) groups is 3. The fraction of sp³-hybridized carbons (Fsp3) is 0.389. The Morgan fingerprint density at radius 1 is 1.00 bits per heavy atom. The first-order valence-corrected chi connectivity index (χ1v) is 8.69. The molecule has 1 aliphatic heterocycles. The molecule has 2 fully saturated rings. The van der Waals surface area contributed by atoms with Crippen molar-refractivity contribution in [2.45, 2.75) is 25.7 Å². The maximum absolute atomic E-state index is 12.7. The lowest BCUT2D eigenvalue weighted by molar-refractivity contribution is -0.127. The molecule has 1 aliphatic carbocycles. The first-order chi connectivity index (χ1) is 12.1. The number of amides is 3. The number of rotatable bonds is 3. The summed E-state index contributed by atoms with van der Waals surface area (Å²) in [5.74, 6) is -0.336. The van der Waals surface area contributed by atoms with E-state index in [1.807, 2.05) is 30.3 Å². The summed E-state index contributed by atoms with van der Waals surface area (Å²) in [7, 11) is 1.56. The van der Waals surface area contributed by atoms with Crippen LogP contribution < -0.4 is 10.9 Å². The van der Waals surface area contributed by atoms with Crippen molar-refractivity contribution in [3.8, 4) is 0 Å². The highest BCUT2D eigenvalue weighted by Gasteiger charge is 2.30. The Hall–Kier alpha value is -2.57. The Morgan fingerprint density at radius 2 is 1.64 bits per heavy atom. The number of nitrogens with one attached hydrogen (secondary N) is 2. The Labute approximate surface area is 148 Å². The zero-order valence-electron chi connectivity index (χ0n) is 14.4. The third kappa shape index (κ3) is 4.29. The van der Waals surface area contributed by atoms with E-state index in [1.165, 1.54) is 0 Å². The largest absolute Gasteiger partial charge is 0.351 e. The number of nitrogens with zero attached hydrogens (tertiary/aromatic N) is 1. The van der Waals surface area contributed by atoms with E-state index >= 15 is 0 Å². The molecular formula is C18H22BN3O3. The van der Waals surface area contributed by atoms with E-state index in [1.54, 1.807) is 12.7 Å². The molecule has 2 aliphatic rings. The zero-order valence-corrected chi connectivity index (χ0v) is 14.4. The SMILES string of the molecule is BC(=O)N1CCC(=C(C(=O)NNC(=O)C2CC2)c2ccccc2)CC1. The Balaban J connectivity index is 1.78. The molecule has 2 N–H and O–H groups in total. The summed E-state index contributed by atoms with van der Waals surface area (Å²) in [6, 6.07) is 9.45. The summed E-state index contributed by atoms with van der Waals surface area (Å²) in [6.45, 7) is 1.23. The number of hydrogen-bond acceptors (Lipinski definition) is 3. The quantitative estimate of drug-likeness (QED) is 0.487. The molecule has 0 aromatic heterocycles. The summed E-state index contributed by atoms with van der Waals surface area (Å²) in [6.07, 6.45) is 3.09. The number of benzene rings is 1. The van der Waals surface area contributed by atoms with Crippen LogP contribution in [0.1, 0.15) is 31.2 Å². The Kier molecular flexibility index (Phi) is 5.21. The minimum Gasteiger partial charge on any atom is -0.351 e. The lowest BCUT2D eigenvalue weighted by Crippen LogP contribution is -2.43. The number of carbonyl (C=O) groups excluding carboxylic acids is 3. The Morgan fingerprint density at radius 3 is 2.20 bits per heavy atom. The summed E-state index contributed by atoms with van der Waals surface area (Å²) in [5.41, 5.74) is 7.52. The highest BCUT2D eigenvalue weighted by molar-refractivity contribution is 6.56. The van der Waals surface area contributed by atoms with Crippen molar-refractivity contribution < 1.29 is 14.4 Å². The molecule has 0 atom stereocenters. The van der Waals surface area contributed by atoms with Crippen molar-refractivity contribution in [1.29, 1.82) is 0 Å². The second kappa shape index (κ2) is 7.55. The first-order valence-electron chi connectivity index (χ1n) is 8.69. The third-order valence-corrected chi connectivity index (χ3v) is 4.70. The zero-order chi connectivity index (χ0) is 17.8. The first kappa shape index (κ1) is 17.3. The molecule has 3 amide bonds. The van der Waals surface area contributed by atoms with E-state index < -0.39 is 0 Å². The van der Waals surface area contributed by atoms with Gasteiger partial charge in [0.25, 0.3) is 5.91 Å². The van der Waals surface area contributed by atoms with Crippen LogP contribution in [0.15, 0.2) is 35.9 Å². The van der Waals surface area contributed by atoms with Crippen LogP contribution in [-0.2, 0) is 9.59 Å². The molecule has 1 saturated carbocycles. The highest BCUT2D eigenvalue weighted by atomic mass is 16.2. The summed E-state index contributed by atoms with van der Waals surface area (Å²) < 4.78 is 0. The van der Waals surface area contributed by atoms with Crippen LogP contribution >= 0.6 is 0 Å². The summed E-state index contributed by atoms with van der Waals surface area (Å²) in [5, 5.41) is 0. The molecule has 0 spiro atoms. The Bertz CT molecular complexity index is 704. The van der Waals surface area contributed by atoms with Crippen molar-refractivity contribution in [3.05, 3.63) is 41.5 Å². The molecule has 0 bridgehead atoms. The van der Waals surface area contributed by atoms with Crippen molar-refractivity contribution in [2.75, 3.05) is 13.1 Å². The smallest absolute Gasteiger partial charge is 0.270 e. The third-order valence-electron chi connectivity index (χ3n) is 4.70.